The molecule has 4 atom stereocenters. The van der Waals surface area contributed by atoms with Crippen LogP contribution in [0.4, 0.5) is 10.5 Å². The van der Waals surface area contributed by atoms with E-state index >= 15 is 0 Å². The molecule has 4 bridgehead atoms. The van der Waals surface area contributed by atoms with E-state index in [0.29, 0.717) is 38.0 Å². The van der Waals surface area contributed by atoms with E-state index in [1.807, 2.05) is 29.2 Å². The summed E-state index contributed by atoms with van der Waals surface area (Å²) in [5, 5.41) is 0. The van der Waals surface area contributed by atoms with Gasteiger partial charge in [-0.2, -0.15) is 0 Å². The normalized spacial score (nSPS) is 37.6. The van der Waals surface area contributed by atoms with Gasteiger partial charge in [-0.3, -0.25) is 14.5 Å². The minimum Gasteiger partial charge on any atom is -0.497 e. The van der Waals surface area contributed by atoms with Gasteiger partial charge in [-0.15, -0.1) is 0 Å². The van der Waals surface area contributed by atoms with E-state index in [2.05, 4.69) is 0 Å². The zero-order valence-corrected chi connectivity index (χ0v) is 17.1. The SMILES string of the molecule is COC(=O)N1c2ccc(OC)cc2C23CCN4C(=O)C=CC45CCC12C(C5)C(=O)C3. The Hall–Kier alpha value is -2.83. The van der Waals surface area contributed by atoms with Crippen LogP contribution >= 0.6 is 0 Å². The van der Waals surface area contributed by atoms with Crippen molar-refractivity contribution >= 4 is 23.5 Å². The zero-order valence-electron chi connectivity index (χ0n) is 17.1. The number of ether oxygens (including phenoxy) is 2. The van der Waals surface area contributed by atoms with Gasteiger partial charge in [0.2, 0.25) is 5.91 Å². The second-order valence-corrected chi connectivity index (χ2v) is 9.27. The highest BCUT2D eigenvalue weighted by Crippen LogP contribution is 2.70. The maximum Gasteiger partial charge on any atom is 0.414 e. The summed E-state index contributed by atoms with van der Waals surface area (Å²) in [7, 11) is 3.01. The summed E-state index contributed by atoms with van der Waals surface area (Å²) in [5.74, 6) is 0.585. The van der Waals surface area contributed by atoms with Crippen LogP contribution in [0.2, 0.25) is 0 Å². The number of methoxy groups -OCH3 is 2. The molecule has 4 fully saturated rings. The molecule has 7 nitrogen and oxygen atoms in total. The minimum atomic E-state index is -0.650. The largest absolute Gasteiger partial charge is 0.497 e. The van der Waals surface area contributed by atoms with E-state index < -0.39 is 22.6 Å². The predicted molar refractivity (Wildman–Crippen MR) is 107 cm³/mol. The van der Waals surface area contributed by atoms with Crippen molar-refractivity contribution in [2.24, 2.45) is 5.92 Å². The van der Waals surface area contributed by atoms with Crippen LogP contribution in [-0.2, 0) is 19.7 Å². The van der Waals surface area contributed by atoms with E-state index in [9.17, 15) is 14.4 Å². The quantitative estimate of drug-likeness (QED) is 0.714. The van der Waals surface area contributed by atoms with Gasteiger partial charge in [-0.05, 0) is 49.4 Å². The standard InChI is InChI=1S/C23H24N2O5/c1-29-14-3-4-17-15(11-14)22-9-10-24-19(27)5-6-21(24)7-8-23(22,25(17)20(28)30-2)16(12-21)18(26)13-22/h3-6,11,16H,7-10,12-13H2,1-2H3. The van der Waals surface area contributed by atoms with E-state index in [4.69, 9.17) is 9.47 Å². The number of nitrogens with zero attached hydrogens (tertiary/aromatic N) is 2. The molecule has 2 saturated carbocycles. The molecule has 4 unspecified atom stereocenters. The van der Waals surface area contributed by atoms with Crippen LogP contribution < -0.4 is 9.64 Å². The van der Waals surface area contributed by atoms with Gasteiger partial charge in [-0.1, -0.05) is 6.08 Å². The topological polar surface area (TPSA) is 76.2 Å². The summed E-state index contributed by atoms with van der Waals surface area (Å²) in [4.78, 5) is 43.1. The van der Waals surface area contributed by atoms with E-state index in [1.165, 1.54) is 7.11 Å². The van der Waals surface area contributed by atoms with Crippen molar-refractivity contribution in [1.29, 1.82) is 0 Å². The van der Waals surface area contributed by atoms with E-state index in [0.717, 1.165) is 17.7 Å². The number of anilines is 1. The third-order valence-corrected chi connectivity index (χ3v) is 8.58. The lowest BCUT2D eigenvalue weighted by Crippen LogP contribution is -2.68. The van der Waals surface area contributed by atoms with Gasteiger partial charge in [-0.25, -0.2) is 4.79 Å². The maximum atomic E-state index is 13.5. The van der Waals surface area contributed by atoms with Gasteiger partial charge in [0.25, 0.3) is 0 Å². The second kappa shape index (κ2) is 5.45. The van der Waals surface area contributed by atoms with E-state index in [1.54, 1.807) is 18.1 Å². The van der Waals surface area contributed by atoms with Gasteiger partial charge >= 0.3 is 6.09 Å². The third kappa shape index (κ3) is 1.73. The smallest absolute Gasteiger partial charge is 0.414 e. The Morgan fingerprint density at radius 2 is 2.00 bits per heavy atom. The second-order valence-electron chi connectivity index (χ2n) is 9.27. The highest BCUT2D eigenvalue weighted by molar-refractivity contribution is 6.02. The molecular weight excluding hydrogens is 384 g/mol. The third-order valence-electron chi connectivity index (χ3n) is 8.58. The highest BCUT2D eigenvalue weighted by atomic mass is 16.5. The molecule has 2 amide bonds. The number of Topliss-reactive ketones (excluding diaryl/α,β-unsaturated/α-hetero) is 1. The molecule has 0 aromatic heterocycles. The molecule has 7 heteroatoms. The Morgan fingerprint density at radius 3 is 2.77 bits per heavy atom. The van der Waals surface area contributed by atoms with Crippen molar-refractivity contribution in [3.63, 3.8) is 0 Å². The first-order valence-electron chi connectivity index (χ1n) is 10.5. The lowest BCUT2D eigenvalue weighted by molar-refractivity contribution is -0.135. The first kappa shape index (κ1) is 18.0. The van der Waals surface area contributed by atoms with Crippen LogP contribution in [0.3, 0.4) is 0 Å². The molecule has 4 aliphatic heterocycles. The number of hydrogen-bond acceptors (Lipinski definition) is 5. The van der Waals surface area contributed by atoms with Crippen molar-refractivity contribution in [1.82, 2.24) is 4.90 Å². The molecule has 2 saturated heterocycles. The summed E-state index contributed by atoms with van der Waals surface area (Å²) in [6.45, 7) is 0.569. The Labute approximate surface area is 174 Å². The average molecular weight is 408 g/mol. The zero-order chi connectivity index (χ0) is 20.9. The number of amides is 2. The fourth-order valence-electron chi connectivity index (χ4n) is 7.43. The molecule has 1 aromatic rings. The molecule has 156 valence electrons. The fourth-order valence-corrected chi connectivity index (χ4v) is 7.43. The number of fused-ring (bicyclic) bond motifs is 3. The lowest BCUT2D eigenvalue weighted by atomic mass is 9.56. The van der Waals surface area contributed by atoms with Crippen molar-refractivity contribution in [2.75, 3.05) is 25.7 Å². The van der Waals surface area contributed by atoms with Crippen molar-refractivity contribution in [2.45, 2.75) is 48.6 Å². The number of carbonyl (C=O) groups excluding carboxylic acids is 3. The average Bonchev–Trinajstić information content (AvgIpc) is 3.26. The van der Waals surface area contributed by atoms with Crippen LogP contribution in [0, 0.1) is 5.92 Å². The summed E-state index contributed by atoms with van der Waals surface area (Å²) in [5.41, 5.74) is 0.176. The van der Waals surface area contributed by atoms with Gasteiger partial charge in [0.05, 0.1) is 31.0 Å². The molecule has 0 radical (unpaired) electrons. The first-order valence-corrected chi connectivity index (χ1v) is 10.5. The number of carbonyl (C=O) groups is 3. The van der Waals surface area contributed by atoms with Crippen LogP contribution in [0.1, 0.15) is 37.7 Å². The summed E-state index contributed by atoms with van der Waals surface area (Å²) >= 11 is 0. The summed E-state index contributed by atoms with van der Waals surface area (Å²) in [6, 6.07) is 5.74. The van der Waals surface area contributed by atoms with Crippen molar-refractivity contribution < 1.29 is 23.9 Å². The molecule has 0 N–H and O–H groups in total. The molecule has 6 aliphatic rings. The molecule has 4 heterocycles. The molecule has 2 aliphatic carbocycles. The lowest BCUT2D eigenvalue weighted by Gasteiger charge is -2.58. The minimum absolute atomic E-state index is 0.0290. The molecule has 1 aromatic carbocycles. The summed E-state index contributed by atoms with van der Waals surface area (Å²) in [6.07, 6.45) is 6.20. The monoisotopic (exact) mass is 408 g/mol. The Kier molecular flexibility index (Phi) is 3.26. The fraction of sp³-hybridized carbons (Fsp3) is 0.522. The molecule has 30 heavy (non-hydrogen) atoms. The van der Waals surface area contributed by atoms with Crippen LogP contribution in [0.25, 0.3) is 0 Å². The summed E-state index contributed by atoms with van der Waals surface area (Å²) < 4.78 is 10.7. The van der Waals surface area contributed by atoms with Crippen LogP contribution in [0.5, 0.6) is 5.75 Å². The maximum absolute atomic E-state index is 13.5. The van der Waals surface area contributed by atoms with Gasteiger partial charge in [0, 0.05) is 30.4 Å². The first-order chi connectivity index (χ1) is 14.4. The Morgan fingerprint density at radius 1 is 1.17 bits per heavy atom. The number of rotatable bonds is 1. The Balaban J connectivity index is 1.64. The number of benzene rings is 1. The predicted octanol–water partition coefficient (Wildman–Crippen LogP) is 2.57. The molecule has 2 spiro atoms. The van der Waals surface area contributed by atoms with Crippen LogP contribution in [0.15, 0.2) is 30.4 Å². The number of ketones is 1. The van der Waals surface area contributed by atoms with Gasteiger partial charge in [0.15, 0.2) is 0 Å². The van der Waals surface area contributed by atoms with Gasteiger partial charge < -0.3 is 14.4 Å². The molecular formula is C23H24N2O5. The number of hydrogen-bond donors (Lipinski definition) is 0. The van der Waals surface area contributed by atoms with Gasteiger partial charge in [0.1, 0.15) is 11.5 Å². The van der Waals surface area contributed by atoms with Crippen molar-refractivity contribution in [3.05, 3.63) is 35.9 Å². The molecule has 7 rings (SSSR count). The van der Waals surface area contributed by atoms with E-state index in [-0.39, 0.29) is 17.6 Å². The Bertz CT molecular complexity index is 1050. The van der Waals surface area contributed by atoms with Crippen molar-refractivity contribution in [3.8, 4) is 5.75 Å². The van der Waals surface area contributed by atoms with Crippen LogP contribution in [-0.4, -0.2) is 54.5 Å². The highest BCUT2D eigenvalue weighted by Gasteiger charge is 2.76.